The van der Waals surface area contributed by atoms with Crippen molar-refractivity contribution in [3.8, 4) is 0 Å². The number of carbonyl (C=O) groups is 1. The van der Waals surface area contributed by atoms with Gasteiger partial charge in [-0.1, -0.05) is 30.3 Å². The Morgan fingerprint density at radius 2 is 1.88 bits per heavy atom. The fraction of sp³-hybridized carbons (Fsp3) is 0.357. The number of nitrogens with zero attached hydrogens (tertiary/aromatic N) is 1. The molecule has 3 heteroatoms. The molecule has 0 radical (unpaired) electrons. The normalized spacial score (nSPS) is 17.6. The van der Waals surface area contributed by atoms with Crippen LogP contribution >= 0.6 is 0 Å². The van der Waals surface area contributed by atoms with Crippen LogP contribution in [0.4, 0.5) is 0 Å². The molecule has 1 amide bonds. The van der Waals surface area contributed by atoms with Crippen LogP contribution in [0.25, 0.3) is 6.08 Å². The zero-order valence-electron chi connectivity index (χ0n) is 10.2. The zero-order chi connectivity index (χ0) is 12.1. The Hall–Kier alpha value is -1.61. The summed E-state index contributed by atoms with van der Waals surface area (Å²) < 4.78 is 0. The summed E-state index contributed by atoms with van der Waals surface area (Å²) in [5, 5.41) is 0. The Morgan fingerprint density at radius 1 is 1.24 bits per heavy atom. The maximum absolute atomic E-state index is 11.9. The number of likely N-dealkylation sites (N-methyl/N-ethyl adjacent to an activating group) is 1. The highest BCUT2D eigenvalue weighted by molar-refractivity contribution is 5.91. The summed E-state index contributed by atoms with van der Waals surface area (Å²) in [4.78, 5) is 15.3. The summed E-state index contributed by atoms with van der Waals surface area (Å²) in [5.74, 6) is 0.126. The third-order valence-corrected chi connectivity index (χ3v) is 3.15. The largest absolute Gasteiger partial charge is 0.334 e. The molecule has 0 saturated carbocycles. The molecular formula is C14H19N2O+. The molecule has 0 aromatic heterocycles. The van der Waals surface area contributed by atoms with Crippen LogP contribution in [0.2, 0.25) is 0 Å². The van der Waals surface area contributed by atoms with Gasteiger partial charge in [-0.25, -0.2) is 0 Å². The highest BCUT2D eigenvalue weighted by Gasteiger charge is 2.19. The molecule has 1 fully saturated rings. The smallest absolute Gasteiger partial charge is 0.246 e. The molecule has 0 unspecified atom stereocenters. The number of quaternary nitrogens is 1. The summed E-state index contributed by atoms with van der Waals surface area (Å²) in [7, 11) is 2.17. The van der Waals surface area contributed by atoms with Gasteiger partial charge in [-0.2, -0.15) is 0 Å². The van der Waals surface area contributed by atoms with Crippen molar-refractivity contribution in [1.29, 1.82) is 0 Å². The molecule has 2 rings (SSSR count). The van der Waals surface area contributed by atoms with Crippen molar-refractivity contribution in [3.63, 3.8) is 0 Å². The van der Waals surface area contributed by atoms with Crippen molar-refractivity contribution >= 4 is 12.0 Å². The molecule has 1 aliphatic heterocycles. The van der Waals surface area contributed by atoms with Crippen LogP contribution in [0.5, 0.6) is 0 Å². The van der Waals surface area contributed by atoms with Crippen LogP contribution in [0.3, 0.4) is 0 Å². The van der Waals surface area contributed by atoms with Crippen LogP contribution in [-0.4, -0.2) is 44.0 Å². The van der Waals surface area contributed by atoms with E-state index in [1.54, 1.807) is 6.08 Å². The number of piperazine rings is 1. The Bertz CT molecular complexity index is 392. The molecule has 0 spiro atoms. The van der Waals surface area contributed by atoms with Gasteiger partial charge in [0.1, 0.15) is 0 Å². The van der Waals surface area contributed by atoms with Crippen LogP contribution < -0.4 is 4.90 Å². The fourth-order valence-corrected chi connectivity index (χ4v) is 1.95. The minimum absolute atomic E-state index is 0.126. The van der Waals surface area contributed by atoms with Crippen LogP contribution in [0.15, 0.2) is 36.4 Å². The van der Waals surface area contributed by atoms with Crippen LogP contribution in [0, 0.1) is 0 Å². The van der Waals surface area contributed by atoms with Gasteiger partial charge in [-0.15, -0.1) is 0 Å². The Morgan fingerprint density at radius 3 is 2.53 bits per heavy atom. The Labute approximate surface area is 102 Å². The summed E-state index contributed by atoms with van der Waals surface area (Å²) in [5.41, 5.74) is 1.07. The second-order valence-electron chi connectivity index (χ2n) is 4.53. The average molecular weight is 231 g/mol. The zero-order valence-corrected chi connectivity index (χ0v) is 10.2. The van der Waals surface area contributed by atoms with Crippen molar-refractivity contribution in [2.75, 3.05) is 33.2 Å². The number of rotatable bonds is 2. The molecular weight excluding hydrogens is 212 g/mol. The predicted octanol–water partition coefficient (Wildman–Crippen LogP) is 0.0567. The van der Waals surface area contributed by atoms with Gasteiger partial charge in [0, 0.05) is 6.08 Å². The Balaban J connectivity index is 1.91. The molecule has 1 aromatic rings. The van der Waals surface area contributed by atoms with E-state index < -0.39 is 0 Å². The van der Waals surface area contributed by atoms with Crippen LogP contribution in [0.1, 0.15) is 5.56 Å². The van der Waals surface area contributed by atoms with Gasteiger partial charge in [-0.3, -0.25) is 4.79 Å². The molecule has 0 bridgehead atoms. The van der Waals surface area contributed by atoms with E-state index in [0.29, 0.717) is 0 Å². The first-order valence-corrected chi connectivity index (χ1v) is 6.09. The lowest BCUT2D eigenvalue weighted by atomic mass is 10.2. The van der Waals surface area contributed by atoms with Gasteiger partial charge in [-0.05, 0) is 11.6 Å². The van der Waals surface area contributed by atoms with Gasteiger partial charge in [0.25, 0.3) is 0 Å². The maximum Gasteiger partial charge on any atom is 0.246 e. The SMILES string of the molecule is C[NH+]1CCN(C(=O)/C=C/c2ccccc2)CC1. The first-order chi connectivity index (χ1) is 8.25. The maximum atomic E-state index is 11.9. The lowest BCUT2D eigenvalue weighted by Gasteiger charge is -2.29. The third kappa shape index (κ3) is 3.43. The van der Waals surface area contributed by atoms with E-state index in [9.17, 15) is 4.79 Å². The lowest BCUT2D eigenvalue weighted by molar-refractivity contribution is -0.883. The summed E-state index contributed by atoms with van der Waals surface area (Å²) >= 11 is 0. The van der Waals surface area contributed by atoms with E-state index in [0.717, 1.165) is 31.7 Å². The van der Waals surface area contributed by atoms with Gasteiger partial charge < -0.3 is 9.80 Å². The van der Waals surface area contributed by atoms with E-state index in [-0.39, 0.29) is 5.91 Å². The minimum Gasteiger partial charge on any atom is -0.334 e. The van der Waals surface area contributed by atoms with E-state index >= 15 is 0 Å². The average Bonchev–Trinajstić information content (AvgIpc) is 2.38. The number of carbonyl (C=O) groups excluding carboxylic acids is 1. The molecule has 0 aliphatic carbocycles. The topological polar surface area (TPSA) is 24.8 Å². The first-order valence-electron chi connectivity index (χ1n) is 6.09. The molecule has 1 heterocycles. The van der Waals surface area contributed by atoms with Crippen molar-refractivity contribution in [2.24, 2.45) is 0 Å². The second-order valence-corrected chi connectivity index (χ2v) is 4.53. The number of hydrogen-bond acceptors (Lipinski definition) is 1. The number of amides is 1. The monoisotopic (exact) mass is 231 g/mol. The van der Waals surface area contributed by atoms with Crippen molar-refractivity contribution in [1.82, 2.24) is 4.90 Å². The molecule has 3 nitrogen and oxygen atoms in total. The van der Waals surface area contributed by atoms with Gasteiger partial charge in [0.15, 0.2) is 0 Å². The highest BCUT2D eigenvalue weighted by Crippen LogP contribution is 2.02. The van der Waals surface area contributed by atoms with Crippen molar-refractivity contribution in [3.05, 3.63) is 42.0 Å². The molecule has 0 atom stereocenters. The summed E-state index contributed by atoms with van der Waals surface area (Å²) in [6.07, 6.45) is 3.56. The van der Waals surface area contributed by atoms with E-state index in [1.165, 1.54) is 4.90 Å². The Kier molecular flexibility index (Phi) is 3.94. The predicted molar refractivity (Wildman–Crippen MR) is 68.7 cm³/mol. The molecule has 1 aliphatic rings. The molecule has 90 valence electrons. The van der Waals surface area contributed by atoms with E-state index in [2.05, 4.69) is 7.05 Å². The molecule has 1 N–H and O–H groups in total. The van der Waals surface area contributed by atoms with Gasteiger partial charge >= 0.3 is 0 Å². The number of hydrogen-bond donors (Lipinski definition) is 1. The molecule has 1 saturated heterocycles. The fourth-order valence-electron chi connectivity index (χ4n) is 1.95. The first kappa shape index (κ1) is 11.9. The van der Waals surface area contributed by atoms with Gasteiger partial charge in [0.2, 0.25) is 5.91 Å². The van der Waals surface area contributed by atoms with Crippen LogP contribution in [-0.2, 0) is 4.79 Å². The summed E-state index contributed by atoms with van der Waals surface area (Å²) in [6.45, 7) is 3.82. The standard InChI is InChI=1S/C14H18N2O/c1-15-9-11-16(12-10-15)14(17)8-7-13-5-3-2-4-6-13/h2-8H,9-12H2,1H3/p+1/b8-7+. The second kappa shape index (κ2) is 5.64. The van der Waals surface area contributed by atoms with Crippen molar-refractivity contribution < 1.29 is 9.69 Å². The third-order valence-electron chi connectivity index (χ3n) is 3.15. The lowest BCUT2D eigenvalue weighted by Crippen LogP contribution is -3.12. The van der Waals surface area contributed by atoms with Gasteiger partial charge in [0.05, 0.1) is 33.2 Å². The minimum atomic E-state index is 0.126. The molecule has 17 heavy (non-hydrogen) atoms. The summed E-state index contributed by atoms with van der Waals surface area (Å²) in [6, 6.07) is 9.92. The van der Waals surface area contributed by atoms with E-state index in [4.69, 9.17) is 0 Å². The highest BCUT2D eigenvalue weighted by atomic mass is 16.2. The van der Waals surface area contributed by atoms with Crippen molar-refractivity contribution in [2.45, 2.75) is 0 Å². The quantitative estimate of drug-likeness (QED) is 0.715. The van der Waals surface area contributed by atoms with E-state index in [1.807, 2.05) is 41.3 Å². The number of benzene rings is 1. The number of nitrogens with one attached hydrogen (secondary N) is 1. The molecule has 1 aromatic carbocycles.